The van der Waals surface area contributed by atoms with E-state index < -0.39 is 11.6 Å². The van der Waals surface area contributed by atoms with E-state index >= 15 is 0 Å². The molecule has 0 aliphatic carbocycles. The number of hydrogen-bond donors (Lipinski definition) is 1. The minimum atomic E-state index is -0.535. The molecule has 0 atom stereocenters. The van der Waals surface area contributed by atoms with Crippen molar-refractivity contribution >= 4 is 34.1 Å². The molecular weight excluding hydrogens is 430 g/mol. The molecule has 162 valence electrons. The number of aromatic nitrogens is 2. The van der Waals surface area contributed by atoms with Crippen LogP contribution in [0.3, 0.4) is 0 Å². The number of para-hydroxylation sites is 4. The number of carbonyl (C=O) groups excluding carboxylic acids is 1. The van der Waals surface area contributed by atoms with Crippen LogP contribution in [0, 0.1) is 0 Å². The Morgan fingerprint density at radius 2 is 1.56 bits per heavy atom. The summed E-state index contributed by atoms with van der Waals surface area (Å²) in [5.41, 5.74) is -0.0725. The summed E-state index contributed by atoms with van der Waals surface area (Å²) >= 11 is 6.18. The van der Waals surface area contributed by atoms with Gasteiger partial charge in [0.05, 0.1) is 21.6 Å². The van der Waals surface area contributed by atoms with Gasteiger partial charge in [0.2, 0.25) is 5.91 Å². The normalized spacial score (nSPS) is 10.8. The lowest BCUT2D eigenvalue weighted by Gasteiger charge is -2.15. The minimum Gasteiger partial charge on any atom is -0.454 e. The first-order valence-electron chi connectivity index (χ1n) is 10.0. The molecule has 1 N–H and O–H groups in total. The third-order valence-corrected chi connectivity index (χ3v) is 5.28. The second kappa shape index (κ2) is 9.11. The molecule has 0 spiro atoms. The van der Waals surface area contributed by atoms with Gasteiger partial charge in [-0.1, -0.05) is 48.0 Å². The fraction of sp³-hybridized carbons (Fsp3) is 0.125. The van der Waals surface area contributed by atoms with Gasteiger partial charge in [-0.05, 0) is 43.3 Å². The van der Waals surface area contributed by atoms with Gasteiger partial charge < -0.3 is 10.1 Å². The van der Waals surface area contributed by atoms with Crippen LogP contribution in [0.2, 0.25) is 5.02 Å². The molecule has 3 aromatic carbocycles. The van der Waals surface area contributed by atoms with Gasteiger partial charge in [-0.3, -0.25) is 18.7 Å². The summed E-state index contributed by atoms with van der Waals surface area (Å²) in [6.45, 7) is 1.66. The van der Waals surface area contributed by atoms with E-state index in [-0.39, 0.29) is 18.6 Å². The number of carbonyl (C=O) groups is 1. The average Bonchev–Trinajstić information content (AvgIpc) is 2.80. The van der Waals surface area contributed by atoms with Gasteiger partial charge in [0.25, 0.3) is 5.56 Å². The fourth-order valence-electron chi connectivity index (χ4n) is 3.44. The lowest BCUT2D eigenvalue weighted by Crippen LogP contribution is -2.41. The molecule has 8 heteroatoms. The summed E-state index contributed by atoms with van der Waals surface area (Å²) in [6, 6.07) is 20.7. The Bertz CT molecular complexity index is 1420. The number of amides is 1. The number of nitrogens with zero attached hydrogens (tertiary/aromatic N) is 2. The van der Waals surface area contributed by atoms with Crippen LogP contribution in [0.15, 0.2) is 82.4 Å². The highest BCUT2D eigenvalue weighted by Crippen LogP contribution is 2.33. The number of nitrogens with one attached hydrogen (secondary N) is 1. The van der Waals surface area contributed by atoms with Crippen LogP contribution in [0.25, 0.3) is 10.9 Å². The summed E-state index contributed by atoms with van der Waals surface area (Å²) in [5, 5.41) is 3.61. The zero-order valence-electron chi connectivity index (χ0n) is 17.2. The predicted octanol–water partition coefficient (Wildman–Crippen LogP) is 4.27. The smallest absolute Gasteiger partial charge is 0.331 e. The van der Waals surface area contributed by atoms with E-state index in [1.165, 1.54) is 4.57 Å². The first-order chi connectivity index (χ1) is 15.5. The molecule has 0 bridgehead atoms. The molecule has 1 amide bonds. The summed E-state index contributed by atoms with van der Waals surface area (Å²) in [7, 11) is 0. The minimum absolute atomic E-state index is 0.207. The van der Waals surface area contributed by atoms with Crippen LogP contribution in [0.1, 0.15) is 6.92 Å². The Morgan fingerprint density at radius 3 is 2.31 bits per heavy atom. The van der Waals surface area contributed by atoms with Crippen molar-refractivity contribution in [2.75, 3.05) is 5.32 Å². The van der Waals surface area contributed by atoms with Crippen molar-refractivity contribution in [3.8, 4) is 11.5 Å². The molecule has 0 fully saturated rings. The zero-order valence-corrected chi connectivity index (χ0v) is 18.0. The van der Waals surface area contributed by atoms with Gasteiger partial charge in [0.1, 0.15) is 12.3 Å². The number of anilines is 1. The van der Waals surface area contributed by atoms with Gasteiger partial charge >= 0.3 is 5.69 Å². The number of halogens is 1. The largest absolute Gasteiger partial charge is 0.454 e. The molecule has 0 unspecified atom stereocenters. The van der Waals surface area contributed by atoms with Gasteiger partial charge in [0, 0.05) is 6.54 Å². The van der Waals surface area contributed by atoms with Crippen LogP contribution < -0.4 is 21.3 Å². The molecule has 4 rings (SSSR count). The van der Waals surface area contributed by atoms with Gasteiger partial charge in [-0.2, -0.15) is 0 Å². The van der Waals surface area contributed by atoms with E-state index in [1.807, 2.05) is 0 Å². The van der Waals surface area contributed by atoms with Crippen molar-refractivity contribution in [3.63, 3.8) is 0 Å². The monoisotopic (exact) mass is 449 g/mol. The van der Waals surface area contributed by atoms with Gasteiger partial charge in [0.15, 0.2) is 5.75 Å². The molecule has 0 saturated carbocycles. The Balaban J connectivity index is 1.65. The van der Waals surface area contributed by atoms with Crippen molar-refractivity contribution in [2.45, 2.75) is 20.0 Å². The first-order valence-corrected chi connectivity index (χ1v) is 10.4. The van der Waals surface area contributed by atoms with Gasteiger partial charge in [-0.15, -0.1) is 0 Å². The van der Waals surface area contributed by atoms with Crippen LogP contribution >= 0.6 is 11.6 Å². The maximum Gasteiger partial charge on any atom is 0.331 e. The van der Waals surface area contributed by atoms with E-state index in [0.717, 1.165) is 4.57 Å². The fourth-order valence-corrected chi connectivity index (χ4v) is 3.62. The van der Waals surface area contributed by atoms with E-state index in [4.69, 9.17) is 16.3 Å². The number of rotatable bonds is 6. The Hall–Kier alpha value is -3.84. The Labute approximate surface area is 188 Å². The Morgan fingerprint density at radius 1 is 0.906 bits per heavy atom. The van der Waals surface area contributed by atoms with Crippen molar-refractivity contribution < 1.29 is 9.53 Å². The number of ether oxygens (including phenoxy) is 1. The topological polar surface area (TPSA) is 82.3 Å². The maximum atomic E-state index is 12.9. The molecule has 0 aliphatic heterocycles. The van der Waals surface area contributed by atoms with Crippen LogP contribution in [0.4, 0.5) is 5.69 Å². The van der Waals surface area contributed by atoms with E-state index in [0.29, 0.717) is 33.1 Å². The van der Waals surface area contributed by atoms with Crippen LogP contribution in [-0.4, -0.2) is 15.0 Å². The number of fused-ring (bicyclic) bond motifs is 1. The highest BCUT2D eigenvalue weighted by molar-refractivity contribution is 6.32. The summed E-state index contributed by atoms with van der Waals surface area (Å²) in [4.78, 5) is 38.3. The maximum absolute atomic E-state index is 12.9. The lowest BCUT2D eigenvalue weighted by atomic mass is 10.2. The summed E-state index contributed by atoms with van der Waals surface area (Å²) in [6.07, 6.45) is 0. The lowest BCUT2D eigenvalue weighted by molar-refractivity contribution is -0.116. The van der Waals surface area contributed by atoms with Crippen molar-refractivity contribution in [2.24, 2.45) is 0 Å². The molecule has 1 heterocycles. The van der Waals surface area contributed by atoms with E-state index in [9.17, 15) is 14.4 Å². The standard InChI is InChI=1S/C24H20ClN3O4/c1-2-27-23(30)16-9-3-6-12-19(16)28(24(27)31)15-22(29)26-18-11-5-8-14-21(18)32-20-13-7-4-10-17(20)25/h3-14H,2,15H2,1H3,(H,26,29). The molecule has 0 radical (unpaired) electrons. The first kappa shape index (κ1) is 21.4. The second-order valence-electron chi connectivity index (χ2n) is 7.01. The summed E-state index contributed by atoms with van der Waals surface area (Å²) in [5.74, 6) is 0.423. The molecule has 0 aliphatic rings. The van der Waals surface area contributed by atoms with E-state index in [1.54, 1.807) is 79.7 Å². The quantitative estimate of drug-likeness (QED) is 0.476. The van der Waals surface area contributed by atoms with Gasteiger partial charge in [-0.25, -0.2) is 4.79 Å². The average molecular weight is 450 g/mol. The predicted molar refractivity (Wildman–Crippen MR) is 125 cm³/mol. The molecule has 0 saturated heterocycles. The van der Waals surface area contributed by atoms with Crippen molar-refractivity contribution in [1.29, 1.82) is 0 Å². The van der Waals surface area contributed by atoms with Crippen LogP contribution in [-0.2, 0) is 17.9 Å². The highest BCUT2D eigenvalue weighted by atomic mass is 35.5. The number of hydrogen-bond acceptors (Lipinski definition) is 4. The second-order valence-corrected chi connectivity index (χ2v) is 7.42. The molecule has 1 aromatic heterocycles. The third-order valence-electron chi connectivity index (χ3n) is 4.97. The molecule has 32 heavy (non-hydrogen) atoms. The van der Waals surface area contributed by atoms with Crippen LogP contribution in [0.5, 0.6) is 11.5 Å². The molecule has 4 aromatic rings. The summed E-state index contributed by atoms with van der Waals surface area (Å²) < 4.78 is 8.29. The molecular formula is C24H20ClN3O4. The Kier molecular flexibility index (Phi) is 6.09. The van der Waals surface area contributed by atoms with Crippen molar-refractivity contribution in [3.05, 3.63) is 98.7 Å². The third kappa shape index (κ3) is 4.15. The SMILES string of the molecule is CCn1c(=O)c2ccccc2n(CC(=O)Nc2ccccc2Oc2ccccc2Cl)c1=O. The molecule has 7 nitrogen and oxygen atoms in total. The highest BCUT2D eigenvalue weighted by Gasteiger charge is 2.16. The van der Waals surface area contributed by atoms with Crippen molar-refractivity contribution in [1.82, 2.24) is 9.13 Å². The number of benzene rings is 3. The van der Waals surface area contributed by atoms with E-state index in [2.05, 4.69) is 5.32 Å². The zero-order chi connectivity index (χ0) is 22.7.